The number of aryl methyl sites for hydroxylation is 2. The maximum atomic E-state index is 10.2. The SMILES string of the molecule is CCCCn1cc[n+](C)c1.O=P(O)(O)OF. The van der Waals surface area contributed by atoms with Crippen LogP contribution in [-0.2, 0) is 22.9 Å². The number of rotatable bonds is 4. The molecule has 0 spiro atoms. The molecule has 8 heteroatoms. The van der Waals surface area contributed by atoms with Crippen LogP contribution in [0.1, 0.15) is 19.8 Å². The molecule has 2 N–H and O–H groups in total. The summed E-state index contributed by atoms with van der Waals surface area (Å²) < 4.78 is 25.7. The third-order valence-corrected chi connectivity index (χ3v) is 1.86. The Labute approximate surface area is 93.4 Å². The fraction of sp³-hybridized carbons (Fsp3) is 0.625. The molecule has 1 aromatic rings. The van der Waals surface area contributed by atoms with Gasteiger partial charge in [0.25, 0.3) is 0 Å². The van der Waals surface area contributed by atoms with E-state index in [1.807, 2.05) is 7.05 Å². The first-order valence-corrected chi connectivity index (χ1v) is 6.29. The van der Waals surface area contributed by atoms with Crippen molar-refractivity contribution in [1.29, 1.82) is 0 Å². The van der Waals surface area contributed by atoms with E-state index in [0.29, 0.717) is 0 Å². The number of aromatic nitrogens is 2. The summed E-state index contributed by atoms with van der Waals surface area (Å²) in [5, 5.41) is 0. The van der Waals surface area contributed by atoms with Gasteiger partial charge in [0.05, 0.1) is 13.6 Å². The molecule has 0 aromatic carbocycles. The maximum absolute atomic E-state index is 10.2. The lowest BCUT2D eigenvalue weighted by Crippen LogP contribution is -2.23. The van der Waals surface area contributed by atoms with Crippen molar-refractivity contribution in [3.05, 3.63) is 18.7 Å². The van der Waals surface area contributed by atoms with Crippen molar-refractivity contribution in [3.8, 4) is 0 Å². The van der Waals surface area contributed by atoms with Gasteiger partial charge in [-0.25, -0.2) is 13.7 Å². The van der Waals surface area contributed by atoms with Crippen molar-refractivity contribution in [1.82, 2.24) is 4.57 Å². The minimum absolute atomic E-state index is 1.15. The Kier molecular flexibility index (Phi) is 7.16. The van der Waals surface area contributed by atoms with Gasteiger partial charge in [-0.2, -0.15) is 0 Å². The minimum atomic E-state index is -4.81. The molecule has 0 bridgehead atoms. The second kappa shape index (κ2) is 7.51. The van der Waals surface area contributed by atoms with Gasteiger partial charge in [-0.1, -0.05) is 18.1 Å². The molecule has 1 rings (SSSR count). The number of hydrogen-bond donors (Lipinski definition) is 2. The van der Waals surface area contributed by atoms with Crippen LogP contribution in [0.15, 0.2) is 18.7 Å². The average molecular weight is 255 g/mol. The molecule has 0 atom stereocenters. The summed E-state index contributed by atoms with van der Waals surface area (Å²) in [4.78, 5) is 14.7. The molecule has 0 fully saturated rings. The lowest BCUT2D eigenvalue weighted by molar-refractivity contribution is -0.671. The standard InChI is InChI=1S/C8H15N2.FH2O4P/c1-3-4-5-10-7-6-9(2)8-10;1-5-6(2,3)4/h6-8H,3-5H2,1-2H3;(H2,2,3,4)/q+1;. The number of imidazole rings is 1. The van der Waals surface area contributed by atoms with E-state index in [0.717, 1.165) is 6.54 Å². The van der Waals surface area contributed by atoms with E-state index >= 15 is 0 Å². The molecule has 6 nitrogen and oxygen atoms in total. The molecular weight excluding hydrogens is 238 g/mol. The molecule has 0 aliphatic carbocycles. The highest BCUT2D eigenvalue weighted by molar-refractivity contribution is 7.46. The molecule has 0 aliphatic rings. The van der Waals surface area contributed by atoms with Crippen molar-refractivity contribution in [2.45, 2.75) is 26.3 Å². The van der Waals surface area contributed by atoms with Crippen LogP contribution in [0.3, 0.4) is 0 Å². The molecular formula is C8H17FN2O4P+. The monoisotopic (exact) mass is 255 g/mol. The summed E-state index contributed by atoms with van der Waals surface area (Å²) >= 11 is 0. The van der Waals surface area contributed by atoms with Crippen molar-refractivity contribution >= 4 is 7.82 Å². The first-order valence-electron chi connectivity index (χ1n) is 4.76. The molecule has 16 heavy (non-hydrogen) atoms. The van der Waals surface area contributed by atoms with Gasteiger partial charge >= 0.3 is 7.82 Å². The van der Waals surface area contributed by atoms with E-state index in [1.165, 1.54) is 12.8 Å². The van der Waals surface area contributed by atoms with E-state index < -0.39 is 7.82 Å². The smallest absolute Gasteiger partial charge is 0.301 e. The highest BCUT2D eigenvalue weighted by Gasteiger charge is 2.12. The summed E-state index contributed by atoms with van der Waals surface area (Å²) in [5.74, 6) is 0. The predicted molar refractivity (Wildman–Crippen MR) is 54.8 cm³/mol. The van der Waals surface area contributed by atoms with E-state index in [9.17, 15) is 4.53 Å². The Morgan fingerprint density at radius 3 is 2.44 bits per heavy atom. The molecule has 1 aromatic heterocycles. The quantitative estimate of drug-likeness (QED) is 0.624. The first kappa shape index (κ1) is 15.2. The molecule has 0 radical (unpaired) electrons. The Morgan fingerprint density at radius 1 is 1.56 bits per heavy atom. The Morgan fingerprint density at radius 2 is 2.12 bits per heavy atom. The second-order valence-electron chi connectivity index (χ2n) is 3.23. The van der Waals surface area contributed by atoms with Crippen LogP contribution in [0.25, 0.3) is 0 Å². The minimum Gasteiger partial charge on any atom is -0.301 e. The van der Waals surface area contributed by atoms with Crippen LogP contribution in [-0.4, -0.2) is 14.4 Å². The fourth-order valence-electron chi connectivity index (χ4n) is 0.975. The zero-order chi connectivity index (χ0) is 12.6. The Balaban J connectivity index is 0.000000325. The van der Waals surface area contributed by atoms with Crippen molar-refractivity contribution in [2.24, 2.45) is 7.05 Å². The lowest BCUT2D eigenvalue weighted by atomic mass is 10.3. The maximum Gasteiger partial charge on any atom is 0.500 e. The van der Waals surface area contributed by atoms with Gasteiger partial charge in [0, 0.05) is 0 Å². The van der Waals surface area contributed by atoms with Gasteiger partial charge in [0.2, 0.25) is 6.33 Å². The molecule has 0 aliphatic heterocycles. The van der Waals surface area contributed by atoms with E-state index in [2.05, 4.69) is 39.5 Å². The molecule has 0 amide bonds. The highest BCUT2D eigenvalue weighted by atomic mass is 31.2. The normalized spacial score (nSPS) is 10.8. The molecule has 94 valence electrons. The average Bonchev–Trinajstić information content (AvgIpc) is 2.61. The van der Waals surface area contributed by atoms with Crippen molar-refractivity contribution < 1.29 is 28.2 Å². The summed E-state index contributed by atoms with van der Waals surface area (Å²) in [6, 6.07) is 0. The van der Waals surface area contributed by atoms with Crippen molar-refractivity contribution in [2.75, 3.05) is 0 Å². The number of halogens is 1. The topological polar surface area (TPSA) is 75.6 Å². The molecule has 0 saturated carbocycles. The number of phosphoric acid groups is 1. The van der Waals surface area contributed by atoms with Crippen molar-refractivity contribution in [3.63, 3.8) is 0 Å². The summed E-state index contributed by atoms with van der Waals surface area (Å²) in [7, 11) is -2.77. The van der Waals surface area contributed by atoms with E-state index in [1.54, 1.807) is 0 Å². The third-order valence-electron chi connectivity index (χ3n) is 1.68. The van der Waals surface area contributed by atoms with Gasteiger partial charge in [-0.05, 0) is 10.9 Å². The molecule has 1 heterocycles. The van der Waals surface area contributed by atoms with Crippen LogP contribution in [0.2, 0.25) is 0 Å². The Bertz CT molecular complexity index is 339. The lowest BCUT2D eigenvalue weighted by Gasteiger charge is -1.90. The van der Waals surface area contributed by atoms with Gasteiger partial charge < -0.3 is 9.79 Å². The van der Waals surface area contributed by atoms with Crippen LogP contribution in [0.5, 0.6) is 0 Å². The second-order valence-corrected chi connectivity index (χ2v) is 4.35. The number of nitrogens with zero attached hydrogens (tertiary/aromatic N) is 2. The van der Waals surface area contributed by atoms with Crippen LogP contribution in [0, 0.1) is 0 Å². The highest BCUT2D eigenvalue weighted by Crippen LogP contribution is 2.35. The first-order chi connectivity index (χ1) is 7.39. The van der Waals surface area contributed by atoms with Gasteiger partial charge in [-0.15, -0.1) is 0 Å². The number of unbranched alkanes of at least 4 members (excludes halogenated alkanes) is 1. The zero-order valence-corrected chi connectivity index (χ0v) is 10.2. The zero-order valence-electron chi connectivity index (χ0n) is 9.28. The summed E-state index contributed by atoms with van der Waals surface area (Å²) in [6.07, 6.45) is 8.82. The Hall–Kier alpha value is -0.750. The number of hydrogen-bond acceptors (Lipinski definition) is 2. The summed E-state index contributed by atoms with van der Waals surface area (Å²) in [5.41, 5.74) is 0. The largest absolute Gasteiger partial charge is 0.500 e. The van der Waals surface area contributed by atoms with E-state index in [-0.39, 0.29) is 0 Å². The van der Waals surface area contributed by atoms with Gasteiger partial charge in [0.15, 0.2) is 0 Å². The van der Waals surface area contributed by atoms with Crippen LogP contribution >= 0.6 is 7.82 Å². The van der Waals surface area contributed by atoms with Crippen LogP contribution in [0.4, 0.5) is 4.53 Å². The predicted octanol–water partition coefficient (Wildman–Crippen LogP) is 1.09. The van der Waals surface area contributed by atoms with Crippen LogP contribution < -0.4 is 4.57 Å². The molecule has 0 unspecified atom stereocenters. The fourth-order valence-corrected chi connectivity index (χ4v) is 0.975. The van der Waals surface area contributed by atoms with E-state index in [4.69, 9.17) is 14.4 Å². The van der Waals surface area contributed by atoms with Gasteiger partial charge in [0.1, 0.15) is 12.4 Å². The van der Waals surface area contributed by atoms with Gasteiger partial charge in [-0.3, -0.25) is 0 Å². The summed E-state index contributed by atoms with van der Waals surface area (Å²) in [6.45, 7) is 3.36. The molecule has 0 saturated heterocycles. The third kappa shape index (κ3) is 8.55.